The Bertz CT molecular complexity index is 878. The fourth-order valence-corrected chi connectivity index (χ4v) is 3.06. The summed E-state index contributed by atoms with van der Waals surface area (Å²) in [4.78, 5) is 40.9. The van der Waals surface area contributed by atoms with Crippen LogP contribution in [0.25, 0.3) is 0 Å². The van der Waals surface area contributed by atoms with Crippen molar-refractivity contribution in [3.63, 3.8) is 0 Å². The molecule has 29 heavy (non-hydrogen) atoms. The maximum Gasteiger partial charge on any atom is 0.321 e. The van der Waals surface area contributed by atoms with Gasteiger partial charge in [-0.2, -0.15) is 0 Å². The van der Waals surface area contributed by atoms with Crippen molar-refractivity contribution < 1.29 is 18.8 Å². The Hall–Kier alpha value is -3.29. The van der Waals surface area contributed by atoms with Gasteiger partial charge in [0.1, 0.15) is 0 Å². The molecule has 1 aliphatic heterocycles. The van der Waals surface area contributed by atoms with Gasteiger partial charge in [-0.15, -0.1) is 0 Å². The van der Waals surface area contributed by atoms with Crippen molar-refractivity contribution in [1.82, 2.24) is 15.1 Å². The van der Waals surface area contributed by atoms with E-state index in [2.05, 4.69) is 10.6 Å². The molecule has 3 rings (SSSR count). The fourth-order valence-electron chi connectivity index (χ4n) is 3.06. The number of anilines is 1. The Kier molecular flexibility index (Phi) is 5.91. The topological polar surface area (TPSA) is 94.9 Å². The number of piperazine rings is 1. The van der Waals surface area contributed by atoms with Gasteiger partial charge < -0.3 is 24.9 Å². The molecule has 1 aromatic heterocycles. The first-order valence-corrected chi connectivity index (χ1v) is 9.55. The van der Waals surface area contributed by atoms with E-state index < -0.39 is 0 Å². The zero-order valence-corrected chi connectivity index (χ0v) is 16.9. The number of carbonyl (C=O) groups excluding carboxylic acids is 3. The van der Waals surface area contributed by atoms with Crippen LogP contribution in [0.5, 0.6) is 0 Å². The average Bonchev–Trinajstić information content (AvgIpc) is 3.21. The smallest absolute Gasteiger partial charge is 0.321 e. The zero-order valence-electron chi connectivity index (χ0n) is 16.9. The summed E-state index contributed by atoms with van der Waals surface area (Å²) in [6.07, 6.45) is 1.46. The van der Waals surface area contributed by atoms with Crippen LogP contribution in [0.3, 0.4) is 0 Å². The van der Waals surface area contributed by atoms with Crippen molar-refractivity contribution in [3.8, 4) is 0 Å². The van der Waals surface area contributed by atoms with E-state index in [1.54, 1.807) is 46.2 Å². The van der Waals surface area contributed by atoms with Crippen molar-refractivity contribution in [3.05, 3.63) is 54.0 Å². The number of hydrogen-bond acceptors (Lipinski definition) is 4. The van der Waals surface area contributed by atoms with Gasteiger partial charge in [0.05, 0.1) is 17.5 Å². The van der Waals surface area contributed by atoms with Gasteiger partial charge in [0, 0.05) is 31.7 Å². The number of furan rings is 1. The normalized spacial score (nSPS) is 14.4. The van der Waals surface area contributed by atoms with Gasteiger partial charge in [0.2, 0.25) is 0 Å². The maximum atomic E-state index is 12.7. The van der Waals surface area contributed by atoms with Gasteiger partial charge in [-0.3, -0.25) is 9.59 Å². The van der Waals surface area contributed by atoms with E-state index in [0.717, 1.165) is 0 Å². The Morgan fingerprint density at radius 1 is 0.931 bits per heavy atom. The molecule has 0 bridgehead atoms. The standard InChI is InChI=1S/C21H26N4O4/c1-21(2,3)23-18(26)15-7-4-5-8-16(15)22-20(28)25-12-10-24(11-13-25)19(27)17-9-6-14-29-17/h4-9,14H,10-13H2,1-3H3,(H,22,28)(H,23,26). The second kappa shape index (κ2) is 8.38. The molecule has 154 valence electrons. The van der Waals surface area contributed by atoms with E-state index in [9.17, 15) is 14.4 Å². The Balaban J connectivity index is 1.60. The number of rotatable bonds is 3. The number of para-hydroxylation sites is 1. The van der Waals surface area contributed by atoms with Crippen LogP contribution >= 0.6 is 0 Å². The highest BCUT2D eigenvalue weighted by Gasteiger charge is 2.27. The monoisotopic (exact) mass is 398 g/mol. The van der Waals surface area contributed by atoms with E-state index in [-0.39, 0.29) is 23.4 Å². The zero-order chi connectivity index (χ0) is 21.0. The second-order valence-corrected chi connectivity index (χ2v) is 7.94. The summed E-state index contributed by atoms with van der Waals surface area (Å²) < 4.78 is 5.15. The molecular formula is C21H26N4O4. The molecule has 2 N–H and O–H groups in total. The first-order valence-electron chi connectivity index (χ1n) is 9.55. The van der Waals surface area contributed by atoms with Crippen LogP contribution in [-0.4, -0.2) is 59.4 Å². The van der Waals surface area contributed by atoms with E-state index in [1.165, 1.54) is 6.26 Å². The van der Waals surface area contributed by atoms with Crippen LogP contribution in [-0.2, 0) is 0 Å². The van der Waals surface area contributed by atoms with Crippen molar-refractivity contribution in [1.29, 1.82) is 0 Å². The Labute approximate surface area is 169 Å². The molecule has 0 spiro atoms. The first kappa shape index (κ1) is 20.4. The summed E-state index contributed by atoms with van der Waals surface area (Å²) in [6, 6.07) is 9.90. The highest BCUT2D eigenvalue weighted by Crippen LogP contribution is 2.18. The van der Waals surface area contributed by atoms with Crippen LogP contribution < -0.4 is 10.6 Å². The number of nitrogens with one attached hydrogen (secondary N) is 2. The SMILES string of the molecule is CC(C)(C)NC(=O)c1ccccc1NC(=O)N1CCN(C(=O)c2ccco2)CC1. The summed E-state index contributed by atoms with van der Waals surface area (Å²) in [5.74, 6) is -0.136. The summed E-state index contributed by atoms with van der Waals surface area (Å²) in [6.45, 7) is 7.32. The minimum absolute atomic E-state index is 0.181. The van der Waals surface area contributed by atoms with E-state index in [4.69, 9.17) is 4.42 Å². The number of hydrogen-bond donors (Lipinski definition) is 2. The molecule has 0 radical (unpaired) electrons. The number of benzene rings is 1. The molecule has 1 fully saturated rings. The highest BCUT2D eigenvalue weighted by atomic mass is 16.3. The lowest BCUT2D eigenvalue weighted by molar-refractivity contribution is 0.0640. The average molecular weight is 398 g/mol. The van der Waals surface area contributed by atoms with E-state index in [1.807, 2.05) is 20.8 Å². The van der Waals surface area contributed by atoms with Gasteiger partial charge in [-0.1, -0.05) is 12.1 Å². The molecule has 2 aromatic rings. The quantitative estimate of drug-likeness (QED) is 0.831. The lowest BCUT2D eigenvalue weighted by Gasteiger charge is -2.34. The van der Waals surface area contributed by atoms with Crippen LogP contribution in [0.1, 0.15) is 41.7 Å². The molecule has 0 atom stereocenters. The third-order valence-corrected chi connectivity index (χ3v) is 4.49. The van der Waals surface area contributed by atoms with Crippen LogP contribution in [0.15, 0.2) is 47.1 Å². The van der Waals surface area contributed by atoms with Gasteiger partial charge in [0.15, 0.2) is 5.76 Å². The van der Waals surface area contributed by atoms with Crippen LogP contribution in [0.2, 0.25) is 0 Å². The molecule has 1 aromatic carbocycles. The predicted octanol–water partition coefficient (Wildman–Crippen LogP) is 2.80. The predicted molar refractivity (Wildman–Crippen MR) is 109 cm³/mol. The number of urea groups is 1. The Morgan fingerprint density at radius 3 is 2.21 bits per heavy atom. The molecule has 2 heterocycles. The van der Waals surface area contributed by atoms with Crippen LogP contribution in [0.4, 0.5) is 10.5 Å². The minimum atomic E-state index is -0.384. The Morgan fingerprint density at radius 2 is 1.59 bits per heavy atom. The van der Waals surface area contributed by atoms with Gasteiger partial charge in [-0.05, 0) is 45.0 Å². The summed E-state index contributed by atoms with van der Waals surface area (Å²) in [5.41, 5.74) is 0.473. The van der Waals surface area contributed by atoms with Gasteiger partial charge >= 0.3 is 6.03 Å². The summed E-state index contributed by atoms with van der Waals surface area (Å²) in [5, 5.41) is 5.73. The summed E-state index contributed by atoms with van der Waals surface area (Å²) in [7, 11) is 0. The number of carbonyl (C=O) groups is 3. The lowest BCUT2D eigenvalue weighted by atomic mass is 10.1. The highest BCUT2D eigenvalue weighted by molar-refractivity contribution is 6.03. The molecule has 8 nitrogen and oxygen atoms in total. The molecular weight excluding hydrogens is 372 g/mol. The molecule has 1 saturated heterocycles. The maximum absolute atomic E-state index is 12.7. The van der Waals surface area contributed by atoms with Crippen molar-refractivity contribution in [2.45, 2.75) is 26.3 Å². The fraction of sp³-hybridized carbons (Fsp3) is 0.381. The van der Waals surface area contributed by atoms with Crippen LogP contribution in [0, 0.1) is 0 Å². The molecule has 4 amide bonds. The summed E-state index contributed by atoms with van der Waals surface area (Å²) >= 11 is 0. The first-order chi connectivity index (χ1) is 13.7. The van der Waals surface area contributed by atoms with Crippen molar-refractivity contribution in [2.24, 2.45) is 0 Å². The molecule has 8 heteroatoms. The molecule has 1 aliphatic rings. The number of nitrogens with zero attached hydrogens (tertiary/aromatic N) is 2. The van der Waals surface area contributed by atoms with E-state index in [0.29, 0.717) is 43.2 Å². The van der Waals surface area contributed by atoms with Gasteiger partial charge in [0.25, 0.3) is 11.8 Å². The largest absolute Gasteiger partial charge is 0.459 e. The minimum Gasteiger partial charge on any atom is -0.459 e. The second-order valence-electron chi connectivity index (χ2n) is 7.94. The third-order valence-electron chi connectivity index (χ3n) is 4.49. The van der Waals surface area contributed by atoms with Crippen molar-refractivity contribution >= 4 is 23.5 Å². The molecule has 0 saturated carbocycles. The van der Waals surface area contributed by atoms with Gasteiger partial charge in [-0.25, -0.2) is 4.79 Å². The lowest BCUT2D eigenvalue weighted by Crippen LogP contribution is -2.51. The van der Waals surface area contributed by atoms with Crippen molar-refractivity contribution in [2.75, 3.05) is 31.5 Å². The molecule has 0 unspecified atom stereocenters. The number of amides is 4. The molecule has 0 aliphatic carbocycles. The van der Waals surface area contributed by atoms with E-state index >= 15 is 0 Å². The third kappa shape index (κ3) is 5.16.